The van der Waals surface area contributed by atoms with Gasteiger partial charge in [-0.25, -0.2) is 4.79 Å². The number of nitrogens with one attached hydrogen (secondary N) is 1. The first-order valence-electron chi connectivity index (χ1n) is 9.49. The number of ether oxygens (including phenoxy) is 2. The van der Waals surface area contributed by atoms with Crippen LogP contribution in [0.15, 0.2) is 46.4 Å². The predicted octanol–water partition coefficient (Wildman–Crippen LogP) is 3.33. The molecule has 1 aromatic carbocycles. The van der Waals surface area contributed by atoms with Gasteiger partial charge in [-0.3, -0.25) is 4.79 Å². The minimum Gasteiger partial charge on any atom is -0.462 e. The third kappa shape index (κ3) is 5.33. The third-order valence-electron chi connectivity index (χ3n) is 4.47. The minimum atomic E-state index is -0.459. The quantitative estimate of drug-likeness (QED) is 0.439. The summed E-state index contributed by atoms with van der Waals surface area (Å²) in [5.41, 5.74) is 1.18. The van der Waals surface area contributed by atoms with Crippen molar-refractivity contribution in [3.05, 3.63) is 53.3 Å². The molecule has 150 valence electrons. The summed E-state index contributed by atoms with van der Waals surface area (Å²) in [6.45, 7) is 3.16. The summed E-state index contributed by atoms with van der Waals surface area (Å²) in [5, 5.41) is 12.0. The van der Waals surface area contributed by atoms with Gasteiger partial charge in [-0.2, -0.15) is 5.26 Å². The third-order valence-corrected chi connectivity index (χ3v) is 4.47. The van der Waals surface area contributed by atoms with Crippen molar-refractivity contribution in [1.82, 2.24) is 5.32 Å². The summed E-state index contributed by atoms with van der Waals surface area (Å²) in [4.78, 5) is 23.9. The van der Waals surface area contributed by atoms with E-state index in [2.05, 4.69) is 5.32 Å². The van der Waals surface area contributed by atoms with Crippen molar-refractivity contribution in [2.24, 2.45) is 0 Å². The Morgan fingerprint density at radius 1 is 1.28 bits per heavy atom. The van der Waals surface area contributed by atoms with Crippen LogP contribution in [0, 0.1) is 11.3 Å². The molecule has 1 atom stereocenters. The van der Waals surface area contributed by atoms with Gasteiger partial charge in [-0.1, -0.05) is 12.1 Å². The molecule has 1 N–H and O–H groups in total. The molecule has 1 aromatic heterocycles. The average molecular weight is 394 g/mol. The number of amides is 1. The van der Waals surface area contributed by atoms with Gasteiger partial charge in [0.15, 0.2) is 0 Å². The second kappa shape index (κ2) is 9.71. The highest BCUT2D eigenvalue weighted by Crippen LogP contribution is 2.24. The van der Waals surface area contributed by atoms with Crippen molar-refractivity contribution in [1.29, 1.82) is 5.26 Å². The van der Waals surface area contributed by atoms with E-state index in [0.29, 0.717) is 36.8 Å². The molecule has 3 rings (SSSR count). The molecule has 7 heteroatoms. The number of hydrogen-bond acceptors (Lipinski definition) is 6. The monoisotopic (exact) mass is 394 g/mol. The molecule has 0 radical (unpaired) electrons. The molecule has 0 bridgehead atoms. The summed E-state index contributed by atoms with van der Waals surface area (Å²) in [6, 6.07) is 12.1. The fraction of sp³-hybridized carbons (Fsp3) is 0.318. The summed E-state index contributed by atoms with van der Waals surface area (Å²) < 4.78 is 16.2. The van der Waals surface area contributed by atoms with Gasteiger partial charge in [-0.05, 0) is 44.0 Å². The number of carbonyl (C=O) groups excluding carboxylic acids is 2. The first-order valence-corrected chi connectivity index (χ1v) is 9.49. The Labute approximate surface area is 168 Å². The maximum atomic E-state index is 12.2. The Morgan fingerprint density at radius 2 is 2.07 bits per heavy atom. The van der Waals surface area contributed by atoms with E-state index < -0.39 is 5.91 Å². The van der Waals surface area contributed by atoms with Crippen LogP contribution in [0.25, 0.3) is 17.4 Å². The Kier molecular flexibility index (Phi) is 6.82. The lowest BCUT2D eigenvalue weighted by atomic mass is 10.1. The van der Waals surface area contributed by atoms with Gasteiger partial charge in [0.1, 0.15) is 23.2 Å². The zero-order chi connectivity index (χ0) is 20.6. The van der Waals surface area contributed by atoms with E-state index in [1.165, 1.54) is 6.08 Å². The maximum Gasteiger partial charge on any atom is 0.338 e. The van der Waals surface area contributed by atoms with E-state index in [0.717, 1.165) is 18.4 Å². The van der Waals surface area contributed by atoms with Crippen molar-refractivity contribution in [3.8, 4) is 17.4 Å². The average Bonchev–Trinajstić information content (AvgIpc) is 3.42. The van der Waals surface area contributed by atoms with Crippen molar-refractivity contribution in [3.63, 3.8) is 0 Å². The smallest absolute Gasteiger partial charge is 0.338 e. The maximum absolute atomic E-state index is 12.2. The van der Waals surface area contributed by atoms with Gasteiger partial charge in [0.2, 0.25) is 0 Å². The van der Waals surface area contributed by atoms with Crippen LogP contribution < -0.4 is 5.32 Å². The number of esters is 1. The highest BCUT2D eigenvalue weighted by atomic mass is 16.5. The molecule has 1 amide bonds. The number of carbonyl (C=O) groups is 2. The molecule has 2 heterocycles. The van der Waals surface area contributed by atoms with Gasteiger partial charge in [0.05, 0.1) is 18.3 Å². The number of nitrogens with zero attached hydrogens (tertiary/aromatic N) is 1. The fourth-order valence-corrected chi connectivity index (χ4v) is 2.97. The molecule has 0 unspecified atom stereocenters. The predicted molar refractivity (Wildman–Crippen MR) is 106 cm³/mol. The van der Waals surface area contributed by atoms with E-state index in [1.54, 1.807) is 43.3 Å². The zero-order valence-corrected chi connectivity index (χ0v) is 16.1. The molecule has 1 saturated heterocycles. The summed E-state index contributed by atoms with van der Waals surface area (Å²) >= 11 is 0. The highest BCUT2D eigenvalue weighted by molar-refractivity contribution is 6.01. The molecule has 1 aliphatic heterocycles. The SMILES string of the molecule is CCOC(=O)c1ccc(-c2ccc(/C=C(\C#N)C(=O)NC[C@@H]3CCCO3)o2)cc1. The van der Waals surface area contributed by atoms with Gasteiger partial charge in [0.25, 0.3) is 5.91 Å². The Hall–Kier alpha value is -3.37. The lowest BCUT2D eigenvalue weighted by molar-refractivity contribution is -0.117. The number of furan rings is 1. The standard InChI is InChI=1S/C22H22N2O5/c1-2-27-22(26)16-7-5-15(6-8-16)20-10-9-18(29-20)12-17(13-23)21(25)24-14-19-4-3-11-28-19/h5-10,12,19H,2-4,11,14H2,1H3,(H,24,25)/b17-12+/t19-/m0/s1. The van der Waals surface area contributed by atoms with Gasteiger partial charge in [-0.15, -0.1) is 0 Å². The van der Waals surface area contributed by atoms with Crippen LogP contribution in [0.3, 0.4) is 0 Å². The summed E-state index contributed by atoms with van der Waals surface area (Å²) in [6.07, 6.45) is 3.30. The lowest BCUT2D eigenvalue weighted by Gasteiger charge is -2.09. The topological polar surface area (TPSA) is 102 Å². The molecule has 1 fully saturated rings. The van der Waals surface area contributed by atoms with Crippen LogP contribution in [0.2, 0.25) is 0 Å². The van der Waals surface area contributed by atoms with E-state index in [1.807, 2.05) is 6.07 Å². The summed E-state index contributed by atoms with van der Waals surface area (Å²) in [5.74, 6) is 0.108. The van der Waals surface area contributed by atoms with Gasteiger partial charge >= 0.3 is 5.97 Å². The lowest BCUT2D eigenvalue weighted by Crippen LogP contribution is -2.32. The largest absolute Gasteiger partial charge is 0.462 e. The Bertz CT molecular complexity index is 931. The second-order valence-corrected chi connectivity index (χ2v) is 6.51. The van der Waals surface area contributed by atoms with Crippen molar-refractivity contribution < 1.29 is 23.5 Å². The second-order valence-electron chi connectivity index (χ2n) is 6.51. The van der Waals surface area contributed by atoms with Crippen LogP contribution in [0.1, 0.15) is 35.9 Å². The molecule has 0 aliphatic carbocycles. The van der Waals surface area contributed by atoms with Crippen LogP contribution in [-0.2, 0) is 14.3 Å². The zero-order valence-electron chi connectivity index (χ0n) is 16.1. The van der Waals surface area contributed by atoms with Gasteiger partial charge < -0.3 is 19.2 Å². The van der Waals surface area contributed by atoms with Crippen LogP contribution in [-0.4, -0.2) is 37.7 Å². The first-order chi connectivity index (χ1) is 14.1. The molecule has 0 saturated carbocycles. The number of hydrogen-bond donors (Lipinski definition) is 1. The molecule has 7 nitrogen and oxygen atoms in total. The van der Waals surface area contributed by atoms with Crippen LogP contribution in [0.5, 0.6) is 0 Å². The molecule has 29 heavy (non-hydrogen) atoms. The highest BCUT2D eigenvalue weighted by Gasteiger charge is 2.18. The van der Waals surface area contributed by atoms with E-state index in [9.17, 15) is 14.9 Å². The van der Waals surface area contributed by atoms with Crippen LogP contribution in [0.4, 0.5) is 0 Å². The van der Waals surface area contributed by atoms with Crippen LogP contribution >= 0.6 is 0 Å². The van der Waals surface area contributed by atoms with Crippen molar-refractivity contribution >= 4 is 18.0 Å². The number of rotatable bonds is 7. The van der Waals surface area contributed by atoms with Crippen molar-refractivity contribution in [2.75, 3.05) is 19.8 Å². The first kappa shape index (κ1) is 20.4. The molecular weight excluding hydrogens is 372 g/mol. The van der Waals surface area contributed by atoms with Gasteiger partial charge in [0, 0.05) is 24.8 Å². The molecule has 1 aliphatic rings. The van der Waals surface area contributed by atoms with Crippen molar-refractivity contribution in [2.45, 2.75) is 25.9 Å². The minimum absolute atomic E-state index is 0.00619. The fourth-order valence-electron chi connectivity index (χ4n) is 2.97. The molecule has 0 spiro atoms. The molecule has 2 aromatic rings. The van der Waals surface area contributed by atoms with E-state index in [4.69, 9.17) is 13.9 Å². The number of nitriles is 1. The van der Waals surface area contributed by atoms with E-state index >= 15 is 0 Å². The normalized spacial score (nSPS) is 16.3. The molecular formula is C22H22N2O5. The Balaban J connectivity index is 1.66. The van der Waals surface area contributed by atoms with E-state index in [-0.39, 0.29) is 17.6 Å². The Morgan fingerprint density at radius 3 is 2.72 bits per heavy atom. The number of benzene rings is 1. The summed E-state index contributed by atoms with van der Waals surface area (Å²) in [7, 11) is 0.